The molecule has 0 spiro atoms. The molecule has 0 nitrogen and oxygen atoms in total. The van der Waals surface area contributed by atoms with Crippen LogP contribution in [0.4, 0.5) is 0 Å². The maximum absolute atomic E-state index is 5.91. The van der Waals surface area contributed by atoms with Gasteiger partial charge in [0.05, 0.1) is 0 Å². The summed E-state index contributed by atoms with van der Waals surface area (Å²) in [5.41, 5.74) is 3.57. The lowest BCUT2D eigenvalue weighted by Crippen LogP contribution is -1.82. The Labute approximate surface area is 89.2 Å². The second-order valence-corrected chi connectivity index (χ2v) is 3.65. The maximum Gasteiger partial charge on any atom is 0.0491 e. The molecule has 0 aliphatic rings. The first-order chi connectivity index (χ1) is 6.77. The third-order valence-corrected chi connectivity index (χ3v) is 2.43. The van der Waals surface area contributed by atoms with Crippen LogP contribution in [0.3, 0.4) is 0 Å². The largest absolute Gasteiger partial charge is 0.0836 e. The van der Waals surface area contributed by atoms with Crippen molar-refractivity contribution in [2.75, 3.05) is 0 Å². The summed E-state index contributed by atoms with van der Waals surface area (Å²) in [6.45, 7) is 2.06. The molecule has 0 unspecified atom stereocenters. The zero-order valence-electron chi connectivity index (χ0n) is 7.92. The standard InChI is InChI=1S/C13H10Cl/c1-10-7-8-12(14)9-13(10)11-5-3-2-4-6-11/h2-7,9H,1H3. The van der Waals surface area contributed by atoms with Gasteiger partial charge in [-0.3, -0.25) is 0 Å². The summed E-state index contributed by atoms with van der Waals surface area (Å²) in [7, 11) is 0. The van der Waals surface area contributed by atoms with E-state index in [4.69, 9.17) is 11.6 Å². The highest BCUT2D eigenvalue weighted by atomic mass is 35.5. The van der Waals surface area contributed by atoms with Crippen molar-refractivity contribution >= 4 is 11.6 Å². The van der Waals surface area contributed by atoms with Crippen molar-refractivity contribution in [1.82, 2.24) is 0 Å². The molecule has 0 saturated heterocycles. The van der Waals surface area contributed by atoms with Crippen LogP contribution >= 0.6 is 11.6 Å². The van der Waals surface area contributed by atoms with Crippen molar-refractivity contribution in [1.29, 1.82) is 0 Å². The zero-order valence-corrected chi connectivity index (χ0v) is 8.68. The van der Waals surface area contributed by atoms with E-state index in [1.54, 1.807) is 0 Å². The molecule has 0 amide bonds. The lowest BCUT2D eigenvalue weighted by molar-refractivity contribution is 1.45. The highest BCUT2D eigenvalue weighted by Gasteiger charge is 2.01. The molecule has 0 heterocycles. The zero-order chi connectivity index (χ0) is 9.97. The molecule has 0 N–H and O–H groups in total. The molecule has 14 heavy (non-hydrogen) atoms. The predicted molar refractivity (Wildman–Crippen MR) is 60.5 cm³/mol. The lowest BCUT2D eigenvalue weighted by Gasteiger charge is -2.05. The van der Waals surface area contributed by atoms with Crippen LogP contribution in [-0.2, 0) is 0 Å². The first kappa shape index (κ1) is 9.29. The average molecular weight is 202 g/mol. The van der Waals surface area contributed by atoms with Gasteiger partial charge in [0.1, 0.15) is 0 Å². The molecule has 2 aromatic rings. The van der Waals surface area contributed by atoms with Crippen molar-refractivity contribution in [2.24, 2.45) is 0 Å². The number of benzene rings is 2. The summed E-state index contributed by atoms with van der Waals surface area (Å²) in [6.07, 6.45) is 0. The average Bonchev–Trinajstić information content (AvgIpc) is 2.23. The molecule has 0 aliphatic heterocycles. The second kappa shape index (κ2) is 3.85. The van der Waals surface area contributed by atoms with Crippen molar-refractivity contribution < 1.29 is 0 Å². The SMILES string of the molecule is Cc1c[c]c(Cl)cc1-c1ccccc1. The van der Waals surface area contributed by atoms with Crippen LogP contribution in [0.25, 0.3) is 11.1 Å². The summed E-state index contributed by atoms with van der Waals surface area (Å²) in [5.74, 6) is 0. The van der Waals surface area contributed by atoms with E-state index in [0.29, 0.717) is 5.02 Å². The van der Waals surface area contributed by atoms with E-state index in [9.17, 15) is 0 Å². The molecule has 69 valence electrons. The first-order valence-electron chi connectivity index (χ1n) is 4.50. The molecule has 1 radical (unpaired) electrons. The van der Waals surface area contributed by atoms with E-state index >= 15 is 0 Å². The summed E-state index contributed by atoms with van der Waals surface area (Å²) in [4.78, 5) is 0. The molecule has 0 aromatic heterocycles. The Morgan fingerprint density at radius 1 is 1.14 bits per heavy atom. The Morgan fingerprint density at radius 3 is 2.57 bits per heavy atom. The molecule has 0 fully saturated rings. The van der Waals surface area contributed by atoms with Gasteiger partial charge in [0.15, 0.2) is 0 Å². The Bertz CT molecular complexity index is 432. The van der Waals surface area contributed by atoms with Gasteiger partial charge in [-0.15, -0.1) is 0 Å². The van der Waals surface area contributed by atoms with Gasteiger partial charge in [-0.25, -0.2) is 0 Å². The molecule has 0 bridgehead atoms. The number of halogens is 1. The van der Waals surface area contributed by atoms with Crippen LogP contribution in [0.5, 0.6) is 0 Å². The van der Waals surface area contributed by atoms with Crippen LogP contribution in [-0.4, -0.2) is 0 Å². The topological polar surface area (TPSA) is 0 Å². The maximum atomic E-state index is 5.91. The molecule has 1 heteroatoms. The van der Waals surface area contributed by atoms with Gasteiger partial charge in [-0.05, 0) is 35.7 Å². The second-order valence-electron chi connectivity index (χ2n) is 3.24. The molecule has 0 saturated carbocycles. The Hall–Kier alpha value is -1.27. The summed E-state index contributed by atoms with van der Waals surface area (Å²) in [6, 6.07) is 17.1. The van der Waals surface area contributed by atoms with Crippen LogP contribution in [0.2, 0.25) is 5.02 Å². The Kier molecular flexibility index (Phi) is 2.55. The van der Waals surface area contributed by atoms with Crippen LogP contribution in [0.15, 0.2) is 42.5 Å². The van der Waals surface area contributed by atoms with E-state index in [1.165, 1.54) is 16.7 Å². The Balaban J connectivity index is 2.57. The van der Waals surface area contributed by atoms with Crippen molar-refractivity contribution in [3.05, 3.63) is 59.1 Å². The quantitative estimate of drug-likeness (QED) is 0.651. The highest BCUT2D eigenvalue weighted by Crippen LogP contribution is 2.25. The van der Waals surface area contributed by atoms with E-state index in [0.717, 1.165) is 0 Å². The summed E-state index contributed by atoms with van der Waals surface area (Å²) in [5, 5.41) is 0.662. The van der Waals surface area contributed by atoms with Gasteiger partial charge in [0.25, 0.3) is 0 Å². The van der Waals surface area contributed by atoms with Gasteiger partial charge in [0, 0.05) is 11.1 Å². The van der Waals surface area contributed by atoms with E-state index in [2.05, 4.69) is 25.1 Å². The van der Waals surface area contributed by atoms with Crippen molar-refractivity contribution in [2.45, 2.75) is 6.92 Å². The molecule has 0 atom stereocenters. The summed E-state index contributed by atoms with van der Waals surface area (Å²) >= 11 is 5.91. The van der Waals surface area contributed by atoms with E-state index < -0.39 is 0 Å². The smallest absolute Gasteiger partial charge is 0.0491 e. The fourth-order valence-corrected chi connectivity index (χ4v) is 1.63. The molecule has 2 rings (SSSR count). The normalized spacial score (nSPS) is 10.1. The van der Waals surface area contributed by atoms with Crippen LogP contribution < -0.4 is 0 Å². The van der Waals surface area contributed by atoms with E-state index in [1.807, 2.05) is 30.3 Å². The monoisotopic (exact) mass is 201 g/mol. The van der Waals surface area contributed by atoms with Gasteiger partial charge in [0.2, 0.25) is 0 Å². The third-order valence-electron chi connectivity index (χ3n) is 2.21. The summed E-state index contributed by atoms with van der Waals surface area (Å²) < 4.78 is 0. The third kappa shape index (κ3) is 1.80. The van der Waals surface area contributed by atoms with Crippen molar-refractivity contribution in [3.63, 3.8) is 0 Å². The highest BCUT2D eigenvalue weighted by molar-refractivity contribution is 6.30. The Morgan fingerprint density at radius 2 is 1.86 bits per heavy atom. The van der Waals surface area contributed by atoms with Gasteiger partial charge >= 0.3 is 0 Å². The fraction of sp³-hybridized carbons (Fsp3) is 0.0769. The van der Waals surface area contributed by atoms with Gasteiger partial charge in [-0.2, -0.15) is 0 Å². The minimum Gasteiger partial charge on any atom is -0.0836 e. The minimum atomic E-state index is 0.662. The first-order valence-corrected chi connectivity index (χ1v) is 4.88. The van der Waals surface area contributed by atoms with Gasteiger partial charge in [-0.1, -0.05) is 41.9 Å². The number of rotatable bonds is 1. The predicted octanol–water partition coefficient (Wildman–Crippen LogP) is 4.12. The van der Waals surface area contributed by atoms with Crippen LogP contribution in [0.1, 0.15) is 5.56 Å². The molecular weight excluding hydrogens is 192 g/mol. The molecule has 2 aromatic carbocycles. The van der Waals surface area contributed by atoms with Gasteiger partial charge < -0.3 is 0 Å². The van der Waals surface area contributed by atoms with Crippen LogP contribution in [0, 0.1) is 13.0 Å². The number of hydrogen-bond donors (Lipinski definition) is 0. The van der Waals surface area contributed by atoms with Crippen molar-refractivity contribution in [3.8, 4) is 11.1 Å². The fourth-order valence-electron chi connectivity index (χ4n) is 1.47. The molecule has 0 aliphatic carbocycles. The van der Waals surface area contributed by atoms with E-state index in [-0.39, 0.29) is 0 Å². The molecular formula is C13H10Cl. The lowest BCUT2D eigenvalue weighted by atomic mass is 10.0. The minimum absolute atomic E-state index is 0.662. The number of hydrogen-bond acceptors (Lipinski definition) is 0. The number of aryl methyl sites for hydroxylation is 1.